The number of hydrogen-bond acceptors (Lipinski definition) is 2. The molecule has 0 atom stereocenters. The van der Waals surface area contributed by atoms with E-state index in [1.807, 2.05) is 48.5 Å². The summed E-state index contributed by atoms with van der Waals surface area (Å²) in [5, 5.41) is 0. The smallest absolute Gasteiger partial charge is 0.0949 e. The van der Waals surface area contributed by atoms with Gasteiger partial charge in [0.15, 0.2) is 0 Å². The third kappa shape index (κ3) is 4.06. The molecule has 0 bridgehead atoms. The Morgan fingerprint density at radius 1 is 0.824 bits per heavy atom. The predicted molar refractivity (Wildman–Crippen MR) is 71.0 cm³/mol. The normalized spacial score (nSPS) is 9.41. The van der Waals surface area contributed by atoms with Gasteiger partial charge in [-0.25, -0.2) is 4.99 Å². The Kier molecular flexibility index (Phi) is 4.27. The molecule has 0 amide bonds. The van der Waals surface area contributed by atoms with E-state index >= 15 is 0 Å². The van der Waals surface area contributed by atoms with E-state index in [1.54, 1.807) is 0 Å². The Labute approximate surface area is 101 Å². The third-order valence-electron chi connectivity index (χ3n) is 2.36. The summed E-state index contributed by atoms with van der Waals surface area (Å²) >= 11 is 0. The minimum absolute atomic E-state index is 0.723. The molecule has 84 valence electrons. The van der Waals surface area contributed by atoms with Gasteiger partial charge in [-0.2, -0.15) is 4.99 Å². The molecule has 0 aliphatic heterocycles. The molecule has 0 heterocycles. The highest BCUT2D eigenvalue weighted by molar-refractivity contribution is 5.51. The molecule has 0 saturated carbocycles. The second-order valence-corrected chi connectivity index (χ2v) is 3.66. The van der Waals surface area contributed by atoms with Crippen LogP contribution in [-0.4, -0.2) is 12.6 Å². The van der Waals surface area contributed by atoms with Crippen LogP contribution < -0.4 is 0 Å². The van der Waals surface area contributed by atoms with Gasteiger partial charge < -0.3 is 0 Å². The van der Waals surface area contributed by atoms with Crippen LogP contribution in [0.4, 0.5) is 5.69 Å². The molecule has 2 aromatic carbocycles. The maximum atomic E-state index is 4.15. The molecule has 0 saturated heterocycles. The van der Waals surface area contributed by atoms with Crippen LogP contribution in [0.25, 0.3) is 0 Å². The van der Waals surface area contributed by atoms with Crippen molar-refractivity contribution >= 4 is 11.7 Å². The number of aliphatic imine (C=N–C) groups is 2. The molecule has 0 aliphatic rings. The van der Waals surface area contributed by atoms with Crippen LogP contribution in [0.5, 0.6) is 0 Å². The van der Waals surface area contributed by atoms with E-state index in [-0.39, 0.29) is 0 Å². The Bertz CT molecular complexity index is 497. The summed E-state index contributed by atoms with van der Waals surface area (Å²) in [4.78, 5) is 8.27. The SMILES string of the molecule is C(=NCCc1ccccc1)=Nc1ccccc1. The van der Waals surface area contributed by atoms with E-state index in [0.717, 1.165) is 18.7 Å². The Morgan fingerprint density at radius 3 is 2.18 bits per heavy atom. The fourth-order valence-electron chi connectivity index (χ4n) is 1.48. The van der Waals surface area contributed by atoms with Gasteiger partial charge in [-0.3, -0.25) is 0 Å². The molecule has 0 aliphatic carbocycles. The molecule has 0 unspecified atom stereocenters. The fourth-order valence-corrected chi connectivity index (χ4v) is 1.48. The van der Waals surface area contributed by atoms with E-state index in [0.29, 0.717) is 0 Å². The molecular formula is C15H14N2. The number of rotatable bonds is 4. The van der Waals surface area contributed by atoms with Crippen molar-refractivity contribution in [3.8, 4) is 0 Å². The minimum Gasteiger partial charge on any atom is -0.225 e. The highest BCUT2D eigenvalue weighted by Crippen LogP contribution is 2.07. The lowest BCUT2D eigenvalue weighted by Gasteiger charge is -1.94. The number of hydrogen-bond donors (Lipinski definition) is 0. The van der Waals surface area contributed by atoms with Crippen molar-refractivity contribution in [2.24, 2.45) is 9.98 Å². The summed E-state index contributed by atoms with van der Waals surface area (Å²) in [6.07, 6.45) is 0.929. The van der Waals surface area contributed by atoms with Gasteiger partial charge in [0.25, 0.3) is 0 Å². The molecule has 0 aromatic heterocycles. The van der Waals surface area contributed by atoms with Crippen LogP contribution in [0.1, 0.15) is 5.56 Å². The van der Waals surface area contributed by atoms with Gasteiger partial charge >= 0.3 is 0 Å². The third-order valence-corrected chi connectivity index (χ3v) is 2.36. The van der Waals surface area contributed by atoms with Gasteiger partial charge in [0.05, 0.1) is 18.2 Å². The average molecular weight is 222 g/mol. The lowest BCUT2D eigenvalue weighted by atomic mass is 10.2. The van der Waals surface area contributed by atoms with Crippen molar-refractivity contribution in [1.82, 2.24) is 0 Å². The maximum Gasteiger partial charge on any atom is 0.0949 e. The maximum absolute atomic E-state index is 4.15. The quantitative estimate of drug-likeness (QED) is 0.704. The number of benzene rings is 2. The molecule has 17 heavy (non-hydrogen) atoms. The predicted octanol–water partition coefficient (Wildman–Crippen LogP) is 3.73. The first-order chi connectivity index (χ1) is 8.45. The summed E-state index contributed by atoms with van der Waals surface area (Å²) < 4.78 is 0. The van der Waals surface area contributed by atoms with E-state index in [1.165, 1.54) is 5.56 Å². The fraction of sp³-hybridized carbons (Fsp3) is 0.133. The number of para-hydroxylation sites is 1. The monoisotopic (exact) mass is 222 g/mol. The van der Waals surface area contributed by atoms with Gasteiger partial charge in [0.2, 0.25) is 0 Å². The van der Waals surface area contributed by atoms with Gasteiger partial charge in [0, 0.05) is 0 Å². The van der Waals surface area contributed by atoms with Crippen molar-refractivity contribution < 1.29 is 0 Å². The second kappa shape index (κ2) is 6.41. The first-order valence-electron chi connectivity index (χ1n) is 5.66. The Balaban J connectivity index is 1.85. The van der Waals surface area contributed by atoms with Crippen LogP contribution in [0, 0.1) is 0 Å². The molecule has 2 heteroatoms. The zero-order valence-corrected chi connectivity index (χ0v) is 9.58. The van der Waals surface area contributed by atoms with Gasteiger partial charge in [-0.15, -0.1) is 0 Å². The summed E-state index contributed by atoms with van der Waals surface area (Å²) in [6, 6.07) is 22.7. The van der Waals surface area contributed by atoms with Crippen molar-refractivity contribution in [3.05, 3.63) is 66.2 Å². The zero-order valence-electron chi connectivity index (χ0n) is 9.58. The van der Waals surface area contributed by atoms with Crippen LogP contribution in [0.2, 0.25) is 0 Å². The summed E-state index contributed by atoms with van der Waals surface area (Å²) in [5.41, 5.74) is 2.17. The molecule has 2 nitrogen and oxygen atoms in total. The minimum atomic E-state index is 0.723. The number of nitrogens with zero attached hydrogens (tertiary/aromatic N) is 2. The van der Waals surface area contributed by atoms with Crippen LogP contribution >= 0.6 is 0 Å². The van der Waals surface area contributed by atoms with Crippen LogP contribution in [0.3, 0.4) is 0 Å². The molecule has 2 rings (SSSR count). The van der Waals surface area contributed by atoms with Crippen molar-refractivity contribution in [2.75, 3.05) is 6.54 Å². The van der Waals surface area contributed by atoms with E-state index in [2.05, 4.69) is 28.1 Å². The summed E-state index contributed by atoms with van der Waals surface area (Å²) in [6.45, 7) is 0.723. The van der Waals surface area contributed by atoms with Gasteiger partial charge in [-0.05, 0) is 24.1 Å². The lowest BCUT2D eigenvalue weighted by Crippen LogP contribution is -1.87. The standard InChI is InChI=1S/C15H14N2/c1-3-7-14(8-4-1)11-12-16-13-17-15-9-5-2-6-10-15/h1-10H,11-12H2. The molecule has 0 spiro atoms. The summed E-state index contributed by atoms with van der Waals surface area (Å²) in [5.74, 6) is 0. The summed E-state index contributed by atoms with van der Waals surface area (Å²) in [7, 11) is 0. The first-order valence-corrected chi connectivity index (χ1v) is 5.66. The van der Waals surface area contributed by atoms with Crippen molar-refractivity contribution in [1.29, 1.82) is 0 Å². The largest absolute Gasteiger partial charge is 0.225 e. The van der Waals surface area contributed by atoms with Gasteiger partial charge in [0.1, 0.15) is 0 Å². The lowest BCUT2D eigenvalue weighted by molar-refractivity contribution is 0.974. The first kappa shape index (κ1) is 11.3. The highest BCUT2D eigenvalue weighted by Gasteiger charge is 1.88. The van der Waals surface area contributed by atoms with E-state index in [4.69, 9.17) is 0 Å². The van der Waals surface area contributed by atoms with E-state index < -0.39 is 0 Å². The zero-order chi connectivity index (χ0) is 11.8. The Morgan fingerprint density at radius 2 is 1.47 bits per heavy atom. The van der Waals surface area contributed by atoms with E-state index in [9.17, 15) is 0 Å². The molecule has 2 aromatic rings. The van der Waals surface area contributed by atoms with Crippen molar-refractivity contribution in [3.63, 3.8) is 0 Å². The van der Waals surface area contributed by atoms with Crippen LogP contribution in [-0.2, 0) is 6.42 Å². The van der Waals surface area contributed by atoms with Crippen LogP contribution in [0.15, 0.2) is 70.6 Å². The molecule has 0 fully saturated rings. The average Bonchev–Trinajstić information content (AvgIpc) is 2.41. The Hall–Kier alpha value is -2.18. The topological polar surface area (TPSA) is 24.7 Å². The highest BCUT2D eigenvalue weighted by atomic mass is 14.8. The molecule has 0 radical (unpaired) electrons. The van der Waals surface area contributed by atoms with Crippen molar-refractivity contribution in [2.45, 2.75) is 6.42 Å². The molecule has 0 N–H and O–H groups in total. The van der Waals surface area contributed by atoms with Gasteiger partial charge in [-0.1, -0.05) is 48.5 Å². The molecular weight excluding hydrogens is 208 g/mol. The second-order valence-electron chi connectivity index (χ2n) is 3.66.